The van der Waals surface area contributed by atoms with Crippen LogP contribution in [0.4, 0.5) is 5.82 Å². The van der Waals surface area contributed by atoms with Crippen LogP contribution in [-0.2, 0) is 0 Å². The Labute approximate surface area is 87.6 Å². The van der Waals surface area contributed by atoms with Crippen LogP contribution in [0.2, 0.25) is 0 Å². The van der Waals surface area contributed by atoms with Gasteiger partial charge in [0.25, 0.3) is 5.91 Å². The van der Waals surface area contributed by atoms with E-state index in [1.165, 1.54) is 0 Å². The predicted octanol–water partition coefficient (Wildman–Crippen LogP) is 0.763. The number of carbonyl (C=O) groups excluding carboxylic acids is 1. The highest BCUT2D eigenvalue weighted by Crippen LogP contribution is 2.28. The van der Waals surface area contributed by atoms with E-state index in [1.54, 1.807) is 19.2 Å². The van der Waals surface area contributed by atoms with Crippen LogP contribution in [0.1, 0.15) is 23.3 Å². The number of pyridine rings is 1. The van der Waals surface area contributed by atoms with E-state index in [1.807, 2.05) is 0 Å². The third-order valence-electron chi connectivity index (χ3n) is 2.13. The number of carbonyl (C=O) groups is 1. The Hall–Kier alpha value is -1.78. The summed E-state index contributed by atoms with van der Waals surface area (Å²) in [6.45, 7) is 0. The van der Waals surface area contributed by atoms with Gasteiger partial charge in [0.1, 0.15) is 17.3 Å². The summed E-state index contributed by atoms with van der Waals surface area (Å²) in [5, 5.41) is 2.86. The molecule has 1 aromatic rings. The molecule has 80 valence electrons. The van der Waals surface area contributed by atoms with Gasteiger partial charge in [-0.2, -0.15) is 0 Å². The lowest BCUT2D eigenvalue weighted by Gasteiger charge is -2.07. The van der Waals surface area contributed by atoms with E-state index in [9.17, 15) is 4.79 Å². The molecule has 1 saturated carbocycles. The largest absolute Gasteiger partial charge is 0.490 e. The zero-order valence-corrected chi connectivity index (χ0v) is 8.49. The quantitative estimate of drug-likeness (QED) is 0.764. The molecular formula is C10H13N3O2. The summed E-state index contributed by atoms with van der Waals surface area (Å²) >= 11 is 0. The molecule has 0 unspecified atom stereocenters. The fourth-order valence-corrected chi connectivity index (χ4v) is 1.21. The lowest BCUT2D eigenvalue weighted by Crippen LogP contribution is -2.14. The van der Waals surface area contributed by atoms with Crippen LogP contribution in [0.3, 0.4) is 0 Å². The number of ether oxygens (including phenoxy) is 1. The van der Waals surface area contributed by atoms with E-state index in [-0.39, 0.29) is 11.8 Å². The first-order valence-electron chi connectivity index (χ1n) is 4.85. The van der Waals surface area contributed by atoms with Crippen molar-refractivity contribution in [1.82, 2.24) is 4.98 Å². The first-order chi connectivity index (χ1) is 7.19. The van der Waals surface area contributed by atoms with Crippen LogP contribution in [0.15, 0.2) is 12.1 Å². The summed E-state index contributed by atoms with van der Waals surface area (Å²) in [6.07, 6.45) is 2.43. The van der Waals surface area contributed by atoms with Gasteiger partial charge in [0.05, 0.1) is 6.10 Å². The molecule has 2 rings (SSSR count). The maximum absolute atomic E-state index is 11.0. The summed E-state index contributed by atoms with van der Waals surface area (Å²) in [6, 6.07) is 3.33. The molecule has 1 aromatic heterocycles. The molecule has 0 bridgehead atoms. The Morgan fingerprint density at radius 3 is 2.87 bits per heavy atom. The van der Waals surface area contributed by atoms with Crippen molar-refractivity contribution < 1.29 is 9.53 Å². The number of rotatable bonds is 4. The molecule has 1 heterocycles. The average molecular weight is 207 g/mol. The number of nitrogens with zero attached hydrogens (tertiary/aromatic N) is 1. The molecule has 5 heteroatoms. The number of hydrogen-bond donors (Lipinski definition) is 2. The molecule has 1 aliphatic rings. The number of nitrogens with two attached hydrogens (primary N) is 1. The van der Waals surface area contributed by atoms with E-state index in [0.717, 1.165) is 12.8 Å². The molecule has 3 N–H and O–H groups in total. The first kappa shape index (κ1) is 9.76. The number of hydrogen-bond acceptors (Lipinski definition) is 4. The highest BCUT2D eigenvalue weighted by Gasteiger charge is 2.24. The Morgan fingerprint density at radius 2 is 2.33 bits per heavy atom. The lowest BCUT2D eigenvalue weighted by molar-refractivity contribution is 0.0995. The minimum Gasteiger partial charge on any atom is -0.490 e. The summed E-state index contributed by atoms with van der Waals surface area (Å²) in [7, 11) is 1.73. The van der Waals surface area contributed by atoms with Gasteiger partial charge in [0.2, 0.25) is 0 Å². The van der Waals surface area contributed by atoms with Gasteiger partial charge in [-0.3, -0.25) is 4.79 Å². The van der Waals surface area contributed by atoms with Crippen molar-refractivity contribution in [2.24, 2.45) is 5.73 Å². The van der Waals surface area contributed by atoms with Gasteiger partial charge in [-0.1, -0.05) is 0 Å². The van der Waals surface area contributed by atoms with E-state index < -0.39 is 5.91 Å². The predicted molar refractivity (Wildman–Crippen MR) is 56.0 cm³/mol. The second-order valence-electron chi connectivity index (χ2n) is 3.50. The van der Waals surface area contributed by atoms with Gasteiger partial charge in [-0.05, 0) is 12.8 Å². The third kappa shape index (κ3) is 2.37. The van der Waals surface area contributed by atoms with Crippen LogP contribution >= 0.6 is 0 Å². The summed E-state index contributed by atoms with van der Waals surface area (Å²) < 4.78 is 5.57. The van der Waals surface area contributed by atoms with Crippen molar-refractivity contribution in [2.45, 2.75) is 18.9 Å². The molecule has 0 radical (unpaired) electrons. The fraction of sp³-hybridized carbons (Fsp3) is 0.400. The van der Waals surface area contributed by atoms with Crippen LogP contribution < -0.4 is 15.8 Å². The fourth-order valence-electron chi connectivity index (χ4n) is 1.21. The number of anilines is 1. The van der Waals surface area contributed by atoms with Gasteiger partial charge in [-0.25, -0.2) is 4.98 Å². The van der Waals surface area contributed by atoms with Crippen molar-refractivity contribution in [1.29, 1.82) is 0 Å². The van der Waals surface area contributed by atoms with Crippen molar-refractivity contribution in [3.8, 4) is 5.75 Å². The molecule has 1 amide bonds. The Morgan fingerprint density at radius 1 is 1.60 bits per heavy atom. The monoisotopic (exact) mass is 207 g/mol. The molecule has 5 nitrogen and oxygen atoms in total. The number of primary amides is 1. The maximum Gasteiger partial charge on any atom is 0.267 e. The second-order valence-corrected chi connectivity index (χ2v) is 3.50. The van der Waals surface area contributed by atoms with E-state index in [0.29, 0.717) is 11.6 Å². The normalized spacial score (nSPS) is 14.7. The van der Waals surface area contributed by atoms with Crippen molar-refractivity contribution >= 4 is 11.7 Å². The zero-order chi connectivity index (χ0) is 10.8. The highest BCUT2D eigenvalue weighted by molar-refractivity contribution is 5.91. The van der Waals surface area contributed by atoms with Crippen LogP contribution in [-0.4, -0.2) is 24.0 Å². The van der Waals surface area contributed by atoms with Crippen LogP contribution in [0.5, 0.6) is 5.75 Å². The van der Waals surface area contributed by atoms with Gasteiger partial charge in [-0.15, -0.1) is 0 Å². The molecule has 1 fully saturated rings. The molecule has 0 saturated heterocycles. The highest BCUT2D eigenvalue weighted by atomic mass is 16.5. The van der Waals surface area contributed by atoms with Crippen molar-refractivity contribution in [2.75, 3.05) is 12.4 Å². The Bertz CT molecular complexity index is 388. The second kappa shape index (κ2) is 3.76. The van der Waals surface area contributed by atoms with Crippen molar-refractivity contribution in [3.63, 3.8) is 0 Å². The van der Waals surface area contributed by atoms with Gasteiger partial charge >= 0.3 is 0 Å². The number of amides is 1. The average Bonchev–Trinajstić information content (AvgIpc) is 3.01. The standard InChI is InChI=1S/C10H13N3O2/c1-12-9-5-7(15-6-2-3-6)4-8(13-9)10(11)14/h4-6H,2-3H2,1H3,(H2,11,14)(H,12,13). The van der Waals surface area contributed by atoms with E-state index in [2.05, 4.69) is 10.3 Å². The topological polar surface area (TPSA) is 77.2 Å². The SMILES string of the molecule is CNc1cc(OC2CC2)cc(C(N)=O)n1. The Balaban J connectivity index is 2.27. The summed E-state index contributed by atoms with van der Waals surface area (Å²) in [5.41, 5.74) is 5.39. The first-order valence-corrected chi connectivity index (χ1v) is 4.85. The molecule has 0 aliphatic heterocycles. The summed E-state index contributed by atoms with van der Waals surface area (Å²) in [5.74, 6) is 0.681. The molecule has 0 spiro atoms. The molecular weight excluding hydrogens is 194 g/mol. The molecule has 0 aromatic carbocycles. The van der Waals surface area contributed by atoms with Crippen LogP contribution in [0.25, 0.3) is 0 Å². The molecule has 1 aliphatic carbocycles. The maximum atomic E-state index is 11.0. The smallest absolute Gasteiger partial charge is 0.267 e. The minimum absolute atomic E-state index is 0.220. The van der Waals surface area contributed by atoms with E-state index in [4.69, 9.17) is 10.5 Å². The van der Waals surface area contributed by atoms with Crippen molar-refractivity contribution in [3.05, 3.63) is 17.8 Å². The molecule has 0 atom stereocenters. The minimum atomic E-state index is -0.548. The zero-order valence-electron chi connectivity index (χ0n) is 8.49. The van der Waals surface area contributed by atoms with Gasteiger partial charge < -0.3 is 15.8 Å². The summed E-state index contributed by atoms with van der Waals surface area (Å²) in [4.78, 5) is 15.0. The van der Waals surface area contributed by atoms with Crippen LogP contribution in [0, 0.1) is 0 Å². The van der Waals surface area contributed by atoms with Gasteiger partial charge in [0, 0.05) is 19.2 Å². The lowest BCUT2D eigenvalue weighted by atomic mass is 10.3. The van der Waals surface area contributed by atoms with Gasteiger partial charge in [0.15, 0.2) is 0 Å². The van der Waals surface area contributed by atoms with E-state index >= 15 is 0 Å². The number of nitrogens with one attached hydrogen (secondary N) is 1. The number of aromatic nitrogens is 1. The third-order valence-corrected chi connectivity index (χ3v) is 2.13. The Kier molecular flexibility index (Phi) is 2.45. The molecule has 15 heavy (non-hydrogen) atoms.